The van der Waals surface area contributed by atoms with Crippen molar-refractivity contribution in [3.8, 4) is 11.8 Å². The number of esters is 1. The van der Waals surface area contributed by atoms with Gasteiger partial charge in [0.25, 0.3) is 0 Å². The van der Waals surface area contributed by atoms with Crippen LogP contribution in [0.25, 0.3) is 5.52 Å². The molecular formula is C28H39N6O8P. The zero-order valence-electron chi connectivity index (χ0n) is 23.5. The number of aliphatic hydroxyl groups is 2. The van der Waals surface area contributed by atoms with Crippen molar-refractivity contribution in [1.82, 2.24) is 19.7 Å². The molecule has 14 nitrogen and oxygen atoms in total. The van der Waals surface area contributed by atoms with Crippen molar-refractivity contribution in [3.05, 3.63) is 54.5 Å². The number of hydrogen-bond acceptors (Lipinski definition) is 12. The lowest BCUT2D eigenvalue weighted by Gasteiger charge is -2.25. The number of nitrogens with two attached hydrogens (primary N) is 1. The molecule has 1 aliphatic rings. The molecule has 1 unspecified atom stereocenters. The minimum Gasteiger partial charge on any atom is -0.464 e. The van der Waals surface area contributed by atoms with Gasteiger partial charge in [0.1, 0.15) is 48.0 Å². The molecule has 0 radical (unpaired) electrons. The Morgan fingerprint density at radius 3 is 2.60 bits per heavy atom. The van der Waals surface area contributed by atoms with Crippen LogP contribution in [-0.4, -0.2) is 68.3 Å². The Morgan fingerprint density at radius 2 is 1.95 bits per heavy atom. The first kappa shape index (κ1) is 33.9. The number of carbonyl (C=O) groups is 1. The van der Waals surface area contributed by atoms with Gasteiger partial charge < -0.3 is 29.9 Å². The van der Waals surface area contributed by atoms with Crippen LogP contribution < -0.4 is 15.3 Å². The number of nitrogens with zero attached hydrogens (tertiary/aromatic N) is 4. The summed E-state index contributed by atoms with van der Waals surface area (Å²) >= 11 is 0. The van der Waals surface area contributed by atoms with Gasteiger partial charge in [-0.2, -0.15) is 15.4 Å². The smallest absolute Gasteiger partial charge is 0.459 e. The van der Waals surface area contributed by atoms with E-state index in [1.165, 1.54) is 23.8 Å². The average molecular weight is 619 g/mol. The van der Waals surface area contributed by atoms with Gasteiger partial charge in [0, 0.05) is 0 Å². The molecule has 43 heavy (non-hydrogen) atoms. The highest BCUT2D eigenvalue weighted by Crippen LogP contribution is 2.47. The summed E-state index contributed by atoms with van der Waals surface area (Å²) in [5, 5.41) is 38.7. The number of benzene rings is 1. The fourth-order valence-electron chi connectivity index (χ4n) is 4.57. The highest BCUT2D eigenvalue weighted by Gasteiger charge is 2.58. The molecule has 0 spiro atoms. The number of ether oxygens (including phenoxy) is 2. The van der Waals surface area contributed by atoms with Crippen LogP contribution in [0.3, 0.4) is 0 Å². The van der Waals surface area contributed by atoms with Gasteiger partial charge >= 0.3 is 13.7 Å². The molecule has 1 aromatic carbocycles. The molecular weight excluding hydrogens is 579 g/mol. The molecule has 234 valence electrons. The summed E-state index contributed by atoms with van der Waals surface area (Å²) in [5.41, 5.74) is 4.28. The average Bonchev–Trinajstić information content (AvgIpc) is 3.53. The molecule has 0 bridgehead atoms. The van der Waals surface area contributed by atoms with E-state index in [0.717, 1.165) is 12.8 Å². The summed E-state index contributed by atoms with van der Waals surface area (Å²) in [4.78, 5) is 16.6. The van der Waals surface area contributed by atoms with Gasteiger partial charge in [-0.15, -0.1) is 0 Å². The van der Waals surface area contributed by atoms with Crippen molar-refractivity contribution in [1.29, 1.82) is 5.26 Å². The lowest BCUT2D eigenvalue weighted by atomic mass is 9.92. The van der Waals surface area contributed by atoms with Crippen LogP contribution in [0.2, 0.25) is 0 Å². The van der Waals surface area contributed by atoms with Crippen molar-refractivity contribution >= 4 is 25.1 Å². The molecule has 0 amide bonds. The van der Waals surface area contributed by atoms with Crippen LogP contribution in [0.4, 0.5) is 5.82 Å². The number of aromatic nitrogens is 3. The largest absolute Gasteiger partial charge is 0.464 e. The zero-order valence-corrected chi connectivity index (χ0v) is 24.4. The van der Waals surface area contributed by atoms with Gasteiger partial charge in [0.05, 0.1) is 18.9 Å². The molecule has 2 aromatic heterocycles. The number of anilines is 1. The van der Waals surface area contributed by atoms with Crippen molar-refractivity contribution in [2.24, 2.45) is 5.92 Å². The Labute approximate surface area is 250 Å². The Hall–Kier alpha value is -3.57. The molecule has 0 saturated carbocycles. The Balaban J connectivity index is 0.00000506. The summed E-state index contributed by atoms with van der Waals surface area (Å²) < 4.78 is 37.8. The van der Waals surface area contributed by atoms with Crippen LogP contribution in [0.15, 0.2) is 48.8 Å². The van der Waals surface area contributed by atoms with E-state index in [9.17, 15) is 24.8 Å². The minimum absolute atomic E-state index is 0. The van der Waals surface area contributed by atoms with E-state index in [2.05, 4.69) is 15.2 Å². The number of nitrogen functional groups attached to an aromatic ring is 1. The van der Waals surface area contributed by atoms with Crippen molar-refractivity contribution in [2.75, 3.05) is 18.9 Å². The van der Waals surface area contributed by atoms with E-state index < -0.39 is 50.3 Å². The molecule has 3 heterocycles. The van der Waals surface area contributed by atoms with Crippen LogP contribution in [0.1, 0.15) is 46.7 Å². The minimum atomic E-state index is -4.32. The first-order valence-corrected chi connectivity index (χ1v) is 15.1. The summed E-state index contributed by atoms with van der Waals surface area (Å²) in [7, 11) is -4.32. The van der Waals surface area contributed by atoms with E-state index >= 15 is 0 Å². The third kappa shape index (κ3) is 7.15. The number of aliphatic hydroxyl groups excluding tert-OH is 2. The summed E-state index contributed by atoms with van der Waals surface area (Å²) in [6.45, 7) is 5.08. The molecule has 1 aliphatic heterocycles. The number of nitriles is 1. The van der Waals surface area contributed by atoms with Crippen LogP contribution in [-0.2, 0) is 29.0 Å². The predicted molar refractivity (Wildman–Crippen MR) is 157 cm³/mol. The van der Waals surface area contributed by atoms with Crippen LogP contribution in [0, 0.1) is 17.2 Å². The van der Waals surface area contributed by atoms with Gasteiger partial charge in [0.15, 0.2) is 5.82 Å². The molecule has 1 saturated heterocycles. The maximum absolute atomic E-state index is 13.9. The van der Waals surface area contributed by atoms with Gasteiger partial charge in [-0.3, -0.25) is 9.32 Å². The normalized spacial score (nSPS) is 23.7. The molecule has 15 heteroatoms. The zero-order chi connectivity index (χ0) is 30.5. The number of carbonyl (C=O) groups excluding carboxylic acids is 1. The van der Waals surface area contributed by atoms with E-state index in [1.807, 2.05) is 19.9 Å². The first-order chi connectivity index (χ1) is 20.1. The number of para-hydroxylation sites is 1. The first-order valence-electron chi connectivity index (χ1n) is 13.5. The fourth-order valence-corrected chi connectivity index (χ4v) is 6.07. The van der Waals surface area contributed by atoms with Gasteiger partial charge in [-0.1, -0.05) is 52.3 Å². The lowest BCUT2D eigenvalue weighted by molar-refractivity contribution is -0.146. The highest BCUT2D eigenvalue weighted by molar-refractivity contribution is 7.52. The van der Waals surface area contributed by atoms with Gasteiger partial charge in [-0.05, 0) is 37.1 Å². The molecule has 4 rings (SSSR count). The molecule has 6 atom stereocenters. The van der Waals surface area contributed by atoms with Crippen molar-refractivity contribution < 1.29 is 38.1 Å². The molecule has 3 aromatic rings. The fraction of sp³-hybridized carbons (Fsp3) is 0.500. The second-order valence-corrected chi connectivity index (χ2v) is 11.7. The SMILES string of the molecule is C.CCC(CC)COC(=O)[C@@H](C)NP(=O)(OC[C@H]1O[C@@](C#N)(c2ccc3c(N)ncnn23)[C@H](O)[C@@H]1O)Oc1ccccc1. The van der Waals surface area contributed by atoms with Crippen molar-refractivity contribution in [3.63, 3.8) is 0 Å². The Kier molecular flexibility index (Phi) is 11.3. The van der Waals surface area contributed by atoms with Crippen molar-refractivity contribution in [2.45, 2.75) is 71.0 Å². The lowest BCUT2D eigenvalue weighted by Crippen LogP contribution is -2.41. The second kappa shape index (κ2) is 14.3. The molecule has 1 fully saturated rings. The molecule has 0 aliphatic carbocycles. The van der Waals surface area contributed by atoms with E-state index in [0.29, 0.717) is 5.52 Å². The monoisotopic (exact) mass is 618 g/mol. The standard InChI is InChI=1S/C27H35N6O8P.CH4/c1-4-18(5-2)13-38-26(36)17(3)32-42(37,41-19-9-7-6-8-10-19)39-14-21-23(34)24(35)27(15-28,40-21)22-12-11-20-25(29)30-16-31-33(20)22;/h6-12,16-18,21,23-24,34-35H,4-5,13-14H2,1-3H3,(H,32,37)(H2,29,30,31);1H4/t17-,21-,23-,24-,27+,42?;/m1./s1. The van der Waals surface area contributed by atoms with Gasteiger partial charge in [0.2, 0.25) is 5.60 Å². The number of rotatable bonds is 13. The third-order valence-electron chi connectivity index (χ3n) is 7.19. The number of fused-ring (bicyclic) bond motifs is 1. The van der Waals surface area contributed by atoms with E-state index in [4.69, 9.17) is 24.3 Å². The Morgan fingerprint density at radius 1 is 1.26 bits per heavy atom. The predicted octanol–water partition coefficient (Wildman–Crippen LogP) is 2.95. The maximum Gasteiger partial charge on any atom is 0.459 e. The summed E-state index contributed by atoms with van der Waals surface area (Å²) in [5.74, 6) is -0.143. The topological polar surface area (TPSA) is 204 Å². The molecule has 5 N–H and O–H groups in total. The quantitative estimate of drug-likeness (QED) is 0.161. The van der Waals surface area contributed by atoms with Crippen LogP contribution in [0.5, 0.6) is 5.75 Å². The number of hydrogen-bond donors (Lipinski definition) is 4. The number of nitrogens with one attached hydrogen (secondary N) is 1. The maximum atomic E-state index is 13.9. The van der Waals surface area contributed by atoms with Crippen LogP contribution >= 0.6 is 7.75 Å². The third-order valence-corrected chi connectivity index (χ3v) is 8.83. The second-order valence-electron chi connectivity index (χ2n) is 9.96. The summed E-state index contributed by atoms with van der Waals surface area (Å²) in [6.07, 6.45) is -1.87. The summed E-state index contributed by atoms with van der Waals surface area (Å²) in [6, 6.07) is 12.0. The Bertz CT molecular complexity index is 1460. The van der Waals surface area contributed by atoms with E-state index in [1.54, 1.807) is 36.4 Å². The van der Waals surface area contributed by atoms with E-state index in [-0.39, 0.29) is 37.2 Å². The highest BCUT2D eigenvalue weighted by atomic mass is 31.2. The van der Waals surface area contributed by atoms with Gasteiger partial charge in [-0.25, -0.2) is 14.1 Å².